The molecule has 2 bridgehead atoms. The SMILES string of the molecule is C[C@H](C(=O)NNC(=O)[C@@H]1CC[C@@H]2CN1C(=O)N2OCc1ccccc1)N(C(=O)O)C(C)(C)C. The molecule has 2 saturated heterocycles. The lowest BCUT2D eigenvalue weighted by Crippen LogP contribution is -2.60. The monoisotopic (exact) mass is 461 g/mol. The van der Waals surface area contributed by atoms with Gasteiger partial charge in [0.25, 0.3) is 11.8 Å². The van der Waals surface area contributed by atoms with Crippen LogP contribution in [0.2, 0.25) is 0 Å². The average Bonchev–Trinajstić information content (AvgIpc) is 2.99. The van der Waals surface area contributed by atoms with Crippen LogP contribution in [0.3, 0.4) is 0 Å². The minimum absolute atomic E-state index is 0.143. The number of nitrogens with one attached hydrogen (secondary N) is 2. The van der Waals surface area contributed by atoms with Crippen LogP contribution in [0, 0.1) is 0 Å². The van der Waals surface area contributed by atoms with Gasteiger partial charge in [-0.25, -0.2) is 9.59 Å². The quantitative estimate of drug-likeness (QED) is 0.553. The van der Waals surface area contributed by atoms with Crippen molar-refractivity contribution in [2.24, 2.45) is 0 Å². The Balaban J connectivity index is 1.55. The van der Waals surface area contributed by atoms with E-state index in [0.717, 1.165) is 10.5 Å². The molecular formula is C22H31N5O6. The van der Waals surface area contributed by atoms with Crippen molar-refractivity contribution < 1.29 is 29.1 Å². The highest BCUT2D eigenvalue weighted by Crippen LogP contribution is 2.30. The predicted molar refractivity (Wildman–Crippen MR) is 117 cm³/mol. The van der Waals surface area contributed by atoms with Crippen LogP contribution in [-0.2, 0) is 21.0 Å². The Labute approximate surface area is 192 Å². The van der Waals surface area contributed by atoms with Crippen LogP contribution in [0.4, 0.5) is 9.59 Å². The van der Waals surface area contributed by atoms with Crippen molar-refractivity contribution in [3.8, 4) is 0 Å². The summed E-state index contributed by atoms with van der Waals surface area (Å²) in [6.07, 6.45) is -0.244. The Kier molecular flexibility index (Phi) is 7.11. The maximum absolute atomic E-state index is 12.8. The number of nitrogens with zero attached hydrogens (tertiary/aromatic N) is 3. The maximum atomic E-state index is 12.8. The van der Waals surface area contributed by atoms with Gasteiger partial charge in [0.1, 0.15) is 18.7 Å². The lowest BCUT2D eigenvalue weighted by Gasteiger charge is -2.37. The van der Waals surface area contributed by atoms with Crippen LogP contribution in [-0.4, -0.2) is 74.1 Å². The molecule has 2 fully saturated rings. The first-order valence-corrected chi connectivity index (χ1v) is 10.9. The molecule has 1 aromatic carbocycles. The number of hydrogen-bond donors (Lipinski definition) is 3. The average molecular weight is 462 g/mol. The summed E-state index contributed by atoms with van der Waals surface area (Å²) in [7, 11) is 0. The van der Waals surface area contributed by atoms with E-state index in [2.05, 4.69) is 10.9 Å². The zero-order valence-corrected chi connectivity index (χ0v) is 19.3. The second kappa shape index (κ2) is 9.65. The van der Waals surface area contributed by atoms with E-state index >= 15 is 0 Å². The van der Waals surface area contributed by atoms with Crippen molar-refractivity contribution in [2.45, 2.75) is 70.8 Å². The minimum atomic E-state index is -1.24. The molecule has 5 amide bonds. The van der Waals surface area contributed by atoms with Crippen LogP contribution in [0.25, 0.3) is 0 Å². The highest BCUT2D eigenvalue weighted by molar-refractivity contribution is 5.91. The molecule has 33 heavy (non-hydrogen) atoms. The molecule has 0 unspecified atom stereocenters. The molecule has 3 N–H and O–H groups in total. The topological polar surface area (TPSA) is 132 Å². The number of amides is 5. The summed E-state index contributed by atoms with van der Waals surface area (Å²) in [5.41, 5.74) is 4.75. The molecule has 0 aromatic heterocycles. The van der Waals surface area contributed by atoms with Crippen molar-refractivity contribution in [3.05, 3.63) is 35.9 Å². The number of hydrazine groups is 1. The summed E-state index contributed by atoms with van der Waals surface area (Å²) in [6, 6.07) is 7.15. The normalized spacial score (nSPS) is 20.9. The van der Waals surface area contributed by atoms with Crippen molar-refractivity contribution in [1.29, 1.82) is 0 Å². The third-order valence-electron chi connectivity index (χ3n) is 5.84. The molecule has 1 aromatic rings. The molecule has 0 saturated carbocycles. The number of piperidine rings is 1. The molecule has 2 aliphatic rings. The molecule has 0 aliphatic carbocycles. The molecule has 0 radical (unpaired) electrons. The Bertz CT molecular complexity index is 902. The third kappa shape index (κ3) is 5.36. The van der Waals surface area contributed by atoms with Crippen molar-refractivity contribution in [2.75, 3.05) is 6.54 Å². The second-order valence-corrected chi connectivity index (χ2v) is 9.24. The lowest BCUT2D eigenvalue weighted by atomic mass is 10.0. The number of carboxylic acid groups (broad SMARTS) is 1. The number of rotatable bonds is 6. The van der Waals surface area contributed by atoms with E-state index in [1.165, 1.54) is 16.9 Å². The van der Waals surface area contributed by atoms with Crippen molar-refractivity contribution >= 4 is 23.9 Å². The van der Waals surface area contributed by atoms with Crippen LogP contribution in [0.5, 0.6) is 0 Å². The first kappa shape index (κ1) is 24.3. The number of hydroxylamine groups is 2. The van der Waals surface area contributed by atoms with Gasteiger partial charge in [0.05, 0.1) is 6.04 Å². The fraction of sp³-hybridized carbons (Fsp3) is 0.545. The summed E-state index contributed by atoms with van der Waals surface area (Å²) in [5, 5.41) is 10.8. The summed E-state index contributed by atoms with van der Waals surface area (Å²) in [5.74, 6) is -1.21. The Morgan fingerprint density at radius 1 is 1.18 bits per heavy atom. The van der Waals surface area contributed by atoms with E-state index in [9.17, 15) is 24.3 Å². The summed E-state index contributed by atoms with van der Waals surface area (Å²) >= 11 is 0. The Hall–Kier alpha value is -3.34. The second-order valence-electron chi connectivity index (χ2n) is 9.24. The summed E-state index contributed by atoms with van der Waals surface area (Å²) in [4.78, 5) is 57.8. The summed E-state index contributed by atoms with van der Waals surface area (Å²) < 4.78 is 0. The highest BCUT2D eigenvalue weighted by Gasteiger charge is 2.48. The van der Waals surface area contributed by atoms with Crippen LogP contribution in [0.1, 0.15) is 46.1 Å². The van der Waals surface area contributed by atoms with Gasteiger partial charge in [-0.1, -0.05) is 30.3 Å². The Morgan fingerprint density at radius 2 is 1.85 bits per heavy atom. The molecule has 2 aliphatic heterocycles. The zero-order valence-electron chi connectivity index (χ0n) is 19.3. The number of fused-ring (bicyclic) bond motifs is 2. The standard InChI is InChI=1S/C22H31N5O6/c1-14(26(21(31)32)22(2,3)4)18(28)23-24-19(29)17-11-10-16-12-25(17)20(30)27(16)33-13-15-8-6-5-7-9-15/h5-9,14,16-17H,10-13H2,1-4H3,(H,23,28)(H,24,29)(H,31,32)/t14-,16-,17+/m1/s1. The van der Waals surface area contributed by atoms with Gasteiger partial charge in [-0.05, 0) is 46.1 Å². The van der Waals surface area contributed by atoms with Gasteiger partial charge in [-0.2, -0.15) is 5.06 Å². The summed E-state index contributed by atoms with van der Waals surface area (Å²) in [6.45, 7) is 7.06. The van der Waals surface area contributed by atoms with Crippen LogP contribution in [0.15, 0.2) is 30.3 Å². The fourth-order valence-corrected chi connectivity index (χ4v) is 4.25. The fourth-order valence-electron chi connectivity index (χ4n) is 4.25. The van der Waals surface area contributed by atoms with Crippen LogP contribution < -0.4 is 10.9 Å². The van der Waals surface area contributed by atoms with E-state index in [-0.39, 0.29) is 12.6 Å². The van der Waals surface area contributed by atoms with Crippen LogP contribution >= 0.6 is 0 Å². The number of carbonyl (C=O) groups is 4. The van der Waals surface area contributed by atoms with Gasteiger partial charge in [-0.3, -0.25) is 30.2 Å². The van der Waals surface area contributed by atoms with Gasteiger partial charge in [-0.15, -0.1) is 0 Å². The van der Waals surface area contributed by atoms with Crippen molar-refractivity contribution in [1.82, 2.24) is 25.7 Å². The number of carbonyl (C=O) groups excluding carboxylic acids is 3. The van der Waals surface area contributed by atoms with E-state index in [0.29, 0.717) is 19.4 Å². The highest BCUT2D eigenvalue weighted by atomic mass is 16.7. The Morgan fingerprint density at radius 3 is 2.45 bits per heavy atom. The van der Waals surface area contributed by atoms with E-state index < -0.39 is 41.6 Å². The number of urea groups is 1. The zero-order chi connectivity index (χ0) is 24.3. The maximum Gasteiger partial charge on any atom is 0.408 e. The minimum Gasteiger partial charge on any atom is -0.465 e. The first-order chi connectivity index (χ1) is 15.5. The van der Waals surface area contributed by atoms with Crippen molar-refractivity contribution in [3.63, 3.8) is 0 Å². The largest absolute Gasteiger partial charge is 0.465 e. The molecule has 11 nitrogen and oxygen atoms in total. The van der Waals surface area contributed by atoms with Gasteiger partial charge in [0.15, 0.2) is 0 Å². The third-order valence-corrected chi connectivity index (χ3v) is 5.84. The molecule has 11 heteroatoms. The van der Waals surface area contributed by atoms with E-state index in [1.54, 1.807) is 20.8 Å². The van der Waals surface area contributed by atoms with Gasteiger partial charge in [0.2, 0.25) is 0 Å². The lowest BCUT2D eigenvalue weighted by molar-refractivity contribution is -0.140. The molecule has 3 rings (SSSR count). The molecule has 0 spiro atoms. The predicted octanol–water partition coefficient (Wildman–Crippen LogP) is 1.70. The smallest absolute Gasteiger partial charge is 0.408 e. The van der Waals surface area contributed by atoms with Gasteiger partial charge < -0.3 is 10.0 Å². The molecule has 3 atom stereocenters. The first-order valence-electron chi connectivity index (χ1n) is 10.9. The molecule has 180 valence electrons. The number of benzene rings is 1. The number of hydrogen-bond acceptors (Lipinski definition) is 5. The molecule has 2 heterocycles. The van der Waals surface area contributed by atoms with E-state index in [4.69, 9.17) is 4.84 Å². The molecular weight excluding hydrogens is 430 g/mol. The van der Waals surface area contributed by atoms with E-state index in [1.807, 2.05) is 30.3 Å². The van der Waals surface area contributed by atoms with Gasteiger partial charge >= 0.3 is 12.1 Å². The van der Waals surface area contributed by atoms with Gasteiger partial charge in [0, 0.05) is 12.1 Å².